The van der Waals surface area contributed by atoms with Gasteiger partial charge in [-0.1, -0.05) is 60.7 Å². The highest BCUT2D eigenvalue weighted by Crippen LogP contribution is 2.13. The molecule has 0 aliphatic carbocycles. The Balaban J connectivity index is 1.56. The fourth-order valence-corrected chi connectivity index (χ4v) is 3.82. The van der Waals surface area contributed by atoms with Gasteiger partial charge in [0.2, 0.25) is 5.91 Å². The van der Waals surface area contributed by atoms with Crippen molar-refractivity contribution in [1.82, 2.24) is 10.6 Å². The van der Waals surface area contributed by atoms with E-state index in [0.29, 0.717) is 13.0 Å². The lowest BCUT2D eigenvalue weighted by Gasteiger charge is -2.23. The molecular formula is C23H32N4O. The summed E-state index contributed by atoms with van der Waals surface area (Å²) in [5.41, 5.74) is 14.8. The van der Waals surface area contributed by atoms with Crippen molar-refractivity contribution in [3.8, 4) is 0 Å². The van der Waals surface area contributed by atoms with Crippen molar-refractivity contribution in [1.29, 1.82) is 0 Å². The second-order valence-electron chi connectivity index (χ2n) is 7.88. The number of nitrogens with two attached hydrogens (primary N) is 2. The number of rotatable bonds is 9. The molecule has 4 atom stereocenters. The first-order valence-electron chi connectivity index (χ1n) is 10.2. The van der Waals surface area contributed by atoms with Crippen molar-refractivity contribution in [2.24, 2.45) is 11.5 Å². The summed E-state index contributed by atoms with van der Waals surface area (Å²) in [4.78, 5) is 12.7. The lowest BCUT2D eigenvalue weighted by molar-refractivity contribution is -0.123. The van der Waals surface area contributed by atoms with Gasteiger partial charge in [0.05, 0.1) is 6.04 Å². The van der Waals surface area contributed by atoms with Gasteiger partial charge in [-0.15, -0.1) is 0 Å². The topological polar surface area (TPSA) is 93.2 Å². The van der Waals surface area contributed by atoms with E-state index in [2.05, 4.69) is 34.9 Å². The van der Waals surface area contributed by atoms with Crippen LogP contribution >= 0.6 is 0 Å². The quantitative estimate of drug-likeness (QED) is 0.533. The van der Waals surface area contributed by atoms with Gasteiger partial charge < -0.3 is 22.1 Å². The van der Waals surface area contributed by atoms with Crippen molar-refractivity contribution in [3.05, 3.63) is 71.8 Å². The molecule has 1 saturated heterocycles. The number of carbonyl (C=O) groups excluding carboxylic acids is 1. The number of amides is 1. The number of benzene rings is 2. The van der Waals surface area contributed by atoms with Gasteiger partial charge in [0.15, 0.2) is 0 Å². The molecule has 1 fully saturated rings. The van der Waals surface area contributed by atoms with E-state index in [1.165, 1.54) is 11.1 Å². The molecule has 3 rings (SSSR count). The Morgan fingerprint density at radius 2 is 1.61 bits per heavy atom. The first-order valence-corrected chi connectivity index (χ1v) is 10.2. The molecular weight excluding hydrogens is 348 g/mol. The fourth-order valence-electron chi connectivity index (χ4n) is 3.82. The van der Waals surface area contributed by atoms with E-state index in [-0.39, 0.29) is 30.1 Å². The van der Waals surface area contributed by atoms with Gasteiger partial charge in [-0.3, -0.25) is 4.79 Å². The van der Waals surface area contributed by atoms with E-state index in [1.54, 1.807) is 0 Å². The highest BCUT2D eigenvalue weighted by molar-refractivity contribution is 5.82. The molecule has 6 N–H and O–H groups in total. The number of nitrogens with one attached hydrogen (secondary N) is 2. The minimum absolute atomic E-state index is 0.0468. The monoisotopic (exact) mass is 380 g/mol. The van der Waals surface area contributed by atoms with Gasteiger partial charge in [-0.05, 0) is 43.2 Å². The predicted molar refractivity (Wildman–Crippen MR) is 114 cm³/mol. The van der Waals surface area contributed by atoms with Crippen molar-refractivity contribution >= 4 is 5.91 Å². The van der Waals surface area contributed by atoms with E-state index in [4.69, 9.17) is 11.5 Å². The standard InChI is InChI=1S/C23H32N4O/c24-19(13-17-7-3-1-4-8-17)11-12-21(14-18-9-5-2-6-10-18)27-23(28)22-15-20(25)16-26-22/h1-10,19-22,26H,11-16,24-25H2,(H,27,28)/t19-,20+,21-,22+/m1/s1. The van der Waals surface area contributed by atoms with Gasteiger partial charge in [-0.2, -0.15) is 0 Å². The van der Waals surface area contributed by atoms with Crippen LogP contribution in [-0.4, -0.2) is 36.6 Å². The summed E-state index contributed by atoms with van der Waals surface area (Å²) in [7, 11) is 0. The molecule has 1 aliphatic rings. The predicted octanol–water partition coefficient (Wildman–Crippen LogP) is 1.75. The van der Waals surface area contributed by atoms with Crippen LogP contribution in [-0.2, 0) is 17.6 Å². The molecule has 2 aromatic carbocycles. The highest BCUT2D eigenvalue weighted by Gasteiger charge is 2.28. The molecule has 0 radical (unpaired) electrons. The maximum atomic E-state index is 12.7. The second kappa shape index (κ2) is 10.4. The maximum absolute atomic E-state index is 12.7. The fraction of sp³-hybridized carbons (Fsp3) is 0.435. The summed E-state index contributed by atoms with van der Waals surface area (Å²) in [6.07, 6.45) is 4.07. The van der Waals surface area contributed by atoms with Crippen molar-refractivity contribution in [3.63, 3.8) is 0 Å². The molecule has 5 nitrogen and oxygen atoms in total. The van der Waals surface area contributed by atoms with Crippen LogP contribution < -0.4 is 22.1 Å². The molecule has 1 heterocycles. The molecule has 5 heteroatoms. The maximum Gasteiger partial charge on any atom is 0.237 e. The van der Waals surface area contributed by atoms with E-state index >= 15 is 0 Å². The Labute approximate surface area is 167 Å². The normalized spacial score (nSPS) is 21.2. The van der Waals surface area contributed by atoms with Crippen molar-refractivity contribution in [2.75, 3.05) is 6.54 Å². The Hall–Kier alpha value is -2.21. The summed E-state index contributed by atoms with van der Waals surface area (Å²) in [5.74, 6) is 0.0468. The summed E-state index contributed by atoms with van der Waals surface area (Å²) in [6, 6.07) is 20.6. The first-order chi connectivity index (χ1) is 13.6. The third-order valence-corrected chi connectivity index (χ3v) is 5.38. The highest BCUT2D eigenvalue weighted by atomic mass is 16.2. The molecule has 0 spiro atoms. The van der Waals surface area contributed by atoms with Gasteiger partial charge in [0.25, 0.3) is 0 Å². The van der Waals surface area contributed by atoms with Gasteiger partial charge in [0, 0.05) is 24.7 Å². The third-order valence-electron chi connectivity index (χ3n) is 5.38. The van der Waals surface area contributed by atoms with Gasteiger partial charge in [0.1, 0.15) is 0 Å². The number of hydrogen-bond donors (Lipinski definition) is 4. The van der Waals surface area contributed by atoms with Crippen LogP contribution in [0.4, 0.5) is 0 Å². The van der Waals surface area contributed by atoms with Gasteiger partial charge >= 0.3 is 0 Å². The van der Waals surface area contributed by atoms with Crippen LogP contribution in [0.1, 0.15) is 30.4 Å². The average Bonchev–Trinajstić information content (AvgIpc) is 3.14. The lowest BCUT2D eigenvalue weighted by Crippen LogP contribution is -2.46. The largest absolute Gasteiger partial charge is 0.352 e. The Bertz CT molecular complexity index is 722. The van der Waals surface area contributed by atoms with Crippen LogP contribution in [0.5, 0.6) is 0 Å². The Kier molecular flexibility index (Phi) is 7.60. The molecule has 28 heavy (non-hydrogen) atoms. The van der Waals surface area contributed by atoms with Crippen LogP contribution in [0.15, 0.2) is 60.7 Å². The lowest BCUT2D eigenvalue weighted by atomic mass is 9.96. The molecule has 1 aliphatic heterocycles. The third kappa shape index (κ3) is 6.44. The summed E-state index contributed by atoms with van der Waals surface area (Å²) >= 11 is 0. The molecule has 0 saturated carbocycles. The van der Waals surface area contributed by atoms with Crippen molar-refractivity contribution < 1.29 is 4.79 Å². The van der Waals surface area contributed by atoms with E-state index in [9.17, 15) is 4.79 Å². The minimum atomic E-state index is -0.189. The van der Waals surface area contributed by atoms with E-state index in [0.717, 1.165) is 25.7 Å². The van der Waals surface area contributed by atoms with E-state index in [1.807, 2.05) is 36.4 Å². The SMILES string of the molecule is N[C@H](CC[C@H](Cc1ccccc1)NC(=O)[C@@H]1C[C@H](N)CN1)Cc1ccccc1. The minimum Gasteiger partial charge on any atom is -0.352 e. The van der Waals surface area contributed by atoms with Crippen molar-refractivity contribution in [2.45, 2.75) is 56.3 Å². The molecule has 0 unspecified atom stereocenters. The zero-order chi connectivity index (χ0) is 19.8. The second-order valence-corrected chi connectivity index (χ2v) is 7.88. The summed E-state index contributed by atoms with van der Waals surface area (Å²) < 4.78 is 0. The van der Waals surface area contributed by atoms with Crippen LogP contribution in [0.3, 0.4) is 0 Å². The van der Waals surface area contributed by atoms with Crippen LogP contribution in [0, 0.1) is 0 Å². The Morgan fingerprint density at radius 3 is 2.18 bits per heavy atom. The Morgan fingerprint density at radius 1 is 1.00 bits per heavy atom. The number of hydrogen-bond acceptors (Lipinski definition) is 4. The molecule has 0 aromatic heterocycles. The zero-order valence-electron chi connectivity index (χ0n) is 16.4. The molecule has 2 aromatic rings. The zero-order valence-corrected chi connectivity index (χ0v) is 16.4. The van der Waals surface area contributed by atoms with Gasteiger partial charge in [-0.25, -0.2) is 0 Å². The van der Waals surface area contributed by atoms with Crippen LogP contribution in [0.2, 0.25) is 0 Å². The first kappa shape index (κ1) is 20.5. The molecule has 150 valence electrons. The molecule has 1 amide bonds. The average molecular weight is 381 g/mol. The summed E-state index contributed by atoms with van der Waals surface area (Å²) in [6.45, 7) is 0.698. The smallest absolute Gasteiger partial charge is 0.237 e. The number of carbonyl (C=O) groups is 1. The summed E-state index contributed by atoms with van der Waals surface area (Å²) in [5, 5.41) is 6.45. The molecule has 0 bridgehead atoms. The van der Waals surface area contributed by atoms with E-state index < -0.39 is 0 Å². The van der Waals surface area contributed by atoms with Crippen LogP contribution in [0.25, 0.3) is 0 Å².